The molecule has 5 nitrogen and oxygen atoms in total. The van der Waals surface area contributed by atoms with Crippen LogP contribution in [0, 0.1) is 5.92 Å². The summed E-state index contributed by atoms with van der Waals surface area (Å²) in [5.74, 6) is 5.89. The summed E-state index contributed by atoms with van der Waals surface area (Å²) in [6.07, 6.45) is 4.12. The number of amides is 1. The van der Waals surface area contributed by atoms with E-state index in [1.807, 2.05) is 0 Å². The highest BCUT2D eigenvalue weighted by atomic mass is 16.2. The van der Waals surface area contributed by atoms with E-state index in [9.17, 15) is 4.79 Å². The molecule has 94 valence electrons. The van der Waals surface area contributed by atoms with Crippen LogP contribution >= 0.6 is 0 Å². The average Bonchev–Trinajstić information content (AvgIpc) is 2.34. The second-order valence-electron chi connectivity index (χ2n) is 4.47. The van der Waals surface area contributed by atoms with Gasteiger partial charge < -0.3 is 10.3 Å². The van der Waals surface area contributed by atoms with E-state index >= 15 is 0 Å². The minimum atomic E-state index is -0.0407. The summed E-state index contributed by atoms with van der Waals surface area (Å²) in [5.41, 5.74) is 3.59. The van der Waals surface area contributed by atoms with E-state index in [1.54, 1.807) is 30.4 Å². The van der Waals surface area contributed by atoms with Gasteiger partial charge in [-0.05, 0) is 18.4 Å². The Kier molecular flexibility index (Phi) is 4.90. The molecule has 17 heavy (non-hydrogen) atoms. The minimum Gasteiger partial charge on any atom is -0.342 e. The standard InChI is InChI=1S/C12H20N4O/c1-9(2)5-7-16(3)12(17)10-4-6-14-8-11(10)15-13/h4,6,8-9,15H,5,7,13H2,1-3H3. The Hall–Kier alpha value is -1.62. The Bertz CT molecular complexity index is 379. The Morgan fingerprint density at radius 1 is 1.59 bits per heavy atom. The molecule has 0 fully saturated rings. The number of carbonyl (C=O) groups excluding carboxylic acids is 1. The van der Waals surface area contributed by atoms with Crippen LogP contribution in [0.5, 0.6) is 0 Å². The van der Waals surface area contributed by atoms with Crippen LogP contribution in [0.3, 0.4) is 0 Å². The number of rotatable bonds is 5. The fourth-order valence-electron chi connectivity index (χ4n) is 1.45. The van der Waals surface area contributed by atoms with Gasteiger partial charge in [0.2, 0.25) is 0 Å². The van der Waals surface area contributed by atoms with Crippen molar-refractivity contribution in [2.24, 2.45) is 11.8 Å². The first-order valence-corrected chi connectivity index (χ1v) is 5.72. The van der Waals surface area contributed by atoms with Crippen molar-refractivity contribution >= 4 is 11.6 Å². The Morgan fingerprint density at radius 3 is 2.88 bits per heavy atom. The summed E-state index contributed by atoms with van der Waals surface area (Å²) in [6.45, 7) is 5.01. The number of nitrogens with one attached hydrogen (secondary N) is 1. The molecule has 1 amide bonds. The van der Waals surface area contributed by atoms with E-state index in [1.165, 1.54) is 0 Å². The quantitative estimate of drug-likeness (QED) is 0.600. The molecule has 0 aliphatic carbocycles. The molecule has 0 aliphatic rings. The van der Waals surface area contributed by atoms with Gasteiger partial charge in [0, 0.05) is 19.8 Å². The van der Waals surface area contributed by atoms with E-state index in [4.69, 9.17) is 5.84 Å². The lowest BCUT2D eigenvalue weighted by Crippen LogP contribution is -2.29. The molecule has 0 atom stereocenters. The van der Waals surface area contributed by atoms with Gasteiger partial charge in [0.1, 0.15) is 0 Å². The number of carbonyl (C=O) groups is 1. The van der Waals surface area contributed by atoms with Crippen molar-refractivity contribution in [3.63, 3.8) is 0 Å². The van der Waals surface area contributed by atoms with Gasteiger partial charge in [-0.15, -0.1) is 0 Å². The van der Waals surface area contributed by atoms with Crippen LogP contribution in [0.1, 0.15) is 30.6 Å². The largest absolute Gasteiger partial charge is 0.342 e. The topological polar surface area (TPSA) is 71.2 Å². The van der Waals surface area contributed by atoms with Crippen LogP contribution in [0.25, 0.3) is 0 Å². The number of hydrogen-bond donors (Lipinski definition) is 2. The molecule has 5 heteroatoms. The molecule has 0 bridgehead atoms. The predicted molar refractivity (Wildman–Crippen MR) is 68.5 cm³/mol. The van der Waals surface area contributed by atoms with Crippen molar-refractivity contribution in [2.75, 3.05) is 19.0 Å². The molecule has 0 aromatic carbocycles. The summed E-state index contributed by atoms with van der Waals surface area (Å²) >= 11 is 0. The van der Waals surface area contributed by atoms with Gasteiger partial charge >= 0.3 is 0 Å². The molecule has 0 saturated carbocycles. The Balaban J connectivity index is 2.74. The summed E-state index contributed by atoms with van der Waals surface area (Å²) in [4.78, 5) is 17.8. The fourth-order valence-corrected chi connectivity index (χ4v) is 1.45. The van der Waals surface area contributed by atoms with Crippen LogP contribution in [0.4, 0.5) is 5.69 Å². The van der Waals surface area contributed by atoms with E-state index < -0.39 is 0 Å². The molecule has 1 aromatic rings. The van der Waals surface area contributed by atoms with Gasteiger partial charge in [-0.1, -0.05) is 13.8 Å². The van der Waals surface area contributed by atoms with Gasteiger partial charge in [-0.25, -0.2) is 0 Å². The molecular formula is C12H20N4O. The number of hydrazine groups is 1. The fraction of sp³-hybridized carbons (Fsp3) is 0.500. The van der Waals surface area contributed by atoms with Gasteiger partial charge in [-0.3, -0.25) is 15.6 Å². The van der Waals surface area contributed by atoms with Crippen molar-refractivity contribution in [2.45, 2.75) is 20.3 Å². The zero-order chi connectivity index (χ0) is 12.8. The molecule has 1 heterocycles. The monoisotopic (exact) mass is 236 g/mol. The SMILES string of the molecule is CC(C)CCN(C)C(=O)c1ccncc1NN. The maximum absolute atomic E-state index is 12.1. The van der Waals surface area contributed by atoms with E-state index in [2.05, 4.69) is 24.3 Å². The number of anilines is 1. The lowest BCUT2D eigenvalue weighted by atomic mass is 10.1. The molecular weight excluding hydrogens is 216 g/mol. The maximum Gasteiger partial charge on any atom is 0.255 e. The summed E-state index contributed by atoms with van der Waals surface area (Å²) in [6, 6.07) is 1.67. The molecule has 1 aromatic heterocycles. The molecule has 1 rings (SSSR count). The van der Waals surface area contributed by atoms with Gasteiger partial charge in [0.05, 0.1) is 17.4 Å². The molecule has 0 spiro atoms. The molecule has 0 unspecified atom stereocenters. The van der Waals surface area contributed by atoms with E-state index in [0.717, 1.165) is 13.0 Å². The van der Waals surface area contributed by atoms with Crippen LogP contribution in [0.15, 0.2) is 18.5 Å². The van der Waals surface area contributed by atoms with Crippen molar-refractivity contribution in [1.29, 1.82) is 0 Å². The van der Waals surface area contributed by atoms with Gasteiger partial charge in [0.25, 0.3) is 5.91 Å². The highest BCUT2D eigenvalue weighted by molar-refractivity contribution is 5.99. The van der Waals surface area contributed by atoms with Crippen molar-refractivity contribution in [3.05, 3.63) is 24.0 Å². The van der Waals surface area contributed by atoms with Crippen molar-refractivity contribution in [1.82, 2.24) is 9.88 Å². The van der Waals surface area contributed by atoms with Crippen LogP contribution in [-0.4, -0.2) is 29.4 Å². The average molecular weight is 236 g/mol. The summed E-state index contributed by atoms with van der Waals surface area (Å²) in [7, 11) is 1.80. The van der Waals surface area contributed by atoms with Gasteiger partial charge in [-0.2, -0.15) is 0 Å². The number of nitrogen functional groups attached to an aromatic ring is 1. The summed E-state index contributed by atoms with van der Waals surface area (Å²) < 4.78 is 0. The number of nitrogens with zero attached hydrogens (tertiary/aromatic N) is 2. The zero-order valence-corrected chi connectivity index (χ0v) is 10.6. The molecule has 3 N–H and O–H groups in total. The Morgan fingerprint density at radius 2 is 2.29 bits per heavy atom. The first-order valence-electron chi connectivity index (χ1n) is 5.72. The lowest BCUT2D eigenvalue weighted by Gasteiger charge is -2.19. The van der Waals surface area contributed by atoms with Crippen molar-refractivity contribution < 1.29 is 4.79 Å². The molecule has 0 aliphatic heterocycles. The Labute approximate surface area is 102 Å². The lowest BCUT2D eigenvalue weighted by molar-refractivity contribution is 0.0790. The normalized spacial score (nSPS) is 10.4. The number of pyridine rings is 1. The molecule has 0 radical (unpaired) electrons. The highest BCUT2D eigenvalue weighted by Gasteiger charge is 2.15. The second-order valence-corrected chi connectivity index (χ2v) is 4.47. The van der Waals surface area contributed by atoms with Crippen molar-refractivity contribution in [3.8, 4) is 0 Å². The van der Waals surface area contributed by atoms with E-state index in [-0.39, 0.29) is 5.91 Å². The van der Waals surface area contributed by atoms with E-state index in [0.29, 0.717) is 17.2 Å². The number of aromatic nitrogens is 1. The van der Waals surface area contributed by atoms with Gasteiger partial charge in [0.15, 0.2) is 0 Å². The summed E-state index contributed by atoms with van der Waals surface area (Å²) in [5, 5.41) is 0. The highest BCUT2D eigenvalue weighted by Crippen LogP contribution is 2.14. The zero-order valence-electron chi connectivity index (χ0n) is 10.6. The minimum absolute atomic E-state index is 0.0407. The maximum atomic E-state index is 12.1. The first kappa shape index (κ1) is 13.4. The third kappa shape index (κ3) is 3.71. The number of nitrogens with two attached hydrogens (primary N) is 1. The van der Waals surface area contributed by atoms with Crippen LogP contribution in [-0.2, 0) is 0 Å². The third-order valence-electron chi connectivity index (χ3n) is 2.60. The molecule has 0 saturated heterocycles. The number of hydrogen-bond acceptors (Lipinski definition) is 4. The predicted octanol–water partition coefficient (Wildman–Crippen LogP) is 1.49. The second kappa shape index (κ2) is 6.20. The van der Waals surface area contributed by atoms with Crippen LogP contribution in [0.2, 0.25) is 0 Å². The smallest absolute Gasteiger partial charge is 0.255 e. The third-order valence-corrected chi connectivity index (χ3v) is 2.60. The van der Waals surface area contributed by atoms with Crippen LogP contribution < -0.4 is 11.3 Å². The first-order chi connectivity index (χ1) is 8.06.